The zero-order chi connectivity index (χ0) is 16.1. The van der Waals surface area contributed by atoms with E-state index in [1.807, 2.05) is 39.0 Å². The lowest BCUT2D eigenvalue weighted by Crippen LogP contribution is -2.32. The second-order valence-electron chi connectivity index (χ2n) is 5.21. The number of hydrogen-bond acceptors (Lipinski definition) is 2. The second-order valence-corrected chi connectivity index (χ2v) is 5.21. The third-order valence-corrected chi connectivity index (χ3v) is 3.60. The van der Waals surface area contributed by atoms with Crippen molar-refractivity contribution in [2.75, 3.05) is 5.32 Å². The molecular weight excluding hydrogens is 281 g/mol. The van der Waals surface area contributed by atoms with E-state index < -0.39 is 6.10 Å². The van der Waals surface area contributed by atoms with Crippen LogP contribution in [0.4, 0.5) is 10.1 Å². The van der Waals surface area contributed by atoms with Crippen molar-refractivity contribution in [1.82, 2.24) is 0 Å². The summed E-state index contributed by atoms with van der Waals surface area (Å²) in [6.07, 6.45) is -0.0500. The molecule has 0 aliphatic rings. The Morgan fingerprint density at radius 3 is 2.50 bits per heavy atom. The van der Waals surface area contributed by atoms with Crippen LogP contribution in [0.15, 0.2) is 42.5 Å². The first kappa shape index (κ1) is 16.0. The highest BCUT2D eigenvalue weighted by Gasteiger charge is 2.19. The van der Waals surface area contributed by atoms with Gasteiger partial charge in [0.1, 0.15) is 11.6 Å². The summed E-state index contributed by atoms with van der Waals surface area (Å²) in [7, 11) is 0. The summed E-state index contributed by atoms with van der Waals surface area (Å²) in [5, 5.41) is 2.74. The molecule has 22 heavy (non-hydrogen) atoms. The lowest BCUT2D eigenvalue weighted by molar-refractivity contribution is -0.122. The molecule has 0 aliphatic heterocycles. The van der Waals surface area contributed by atoms with Gasteiger partial charge in [-0.15, -0.1) is 0 Å². The van der Waals surface area contributed by atoms with Gasteiger partial charge in [0.05, 0.1) is 0 Å². The zero-order valence-corrected chi connectivity index (χ0v) is 13.0. The smallest absolute Gasteiger partial charge is 0.265 e. The maximum atomic E-state index is 12.9. The number of hydrogen-bond donors (Lipinski definition) is 1. The number of nitrogens with one attached hydrogen (secondary N) is 1. The summed E-state index contributed by atoms with van der Waals surface area (Å²) < 4.78 is 18.7. The Morgan fingerprint density at radius 1 is 1.18 bits per heavy atom. The van der Waals surface area contributed by atoms with Crippen LogP contribution in [-0.2, 0) is 4.79 Å². The Hall–Kier alpha value is -2.36. The van der Waals surface area contributed by atoms with Gasteiger partial charge in [-0.05, 0) is 61.7 Å². The van der Waals surface area contributed by atoms with Crippen LogP contribution in [0, 0.1) is 19.7 Å². The van der Waals surface area contributed by atoms with E-state index in [4.69, 9.17) is 4.74 Å². The second kappa shape index (κ2) is 7.07. The van der Waals surface area contributed by atoms with E-state index >= 15 is 0 Å². The van der Waals surface area contributed by atoms with Crippen LogP contribution in [-0.4, -0.2) is 12.0 Å². The third kappa shape index (κ3) is 3.85. The summed E-state index contributed by atoms with van der Waals surface area (Å²) in [5.74, 6) is 0.132. The van der Waals surface area contributed by atoms with Gasteiger partial charge in [-0.3, -0.25) is 4.79 Å². The van der Waals surface area contributed by atoms with Gasteiger partial charge in [-0.25, -0.2) is 4.39 Å². The Balaban J connectivity index is 2.09. The van der Waals surface area contributed by atoms with E-state index in [1.54, 1.807) is 0 Å². The number of rotatable bonds is 5. The van der Waals surface area contributed by atoms with Crippen LogP contribution < -0.4 is 10.1 Å². The first-order valence-corrected chi connectivity index (χ1v) is 7.30. The number of carbonyl (C=O) groups is 1. The fourth-order valence-corrected chi connectivity index (χ4v) is 2.08. The lowest BCUT2D eigenvalue weighted by Gasteiger charge is -2.19. The van der Waals surface area contributed by atoms with E-state index in [2.05, 4.69) is 5.32 Å². The van der Waals surface area contributed by atoms with Crippen LogP contribution in [0.3, 0.4) is 0 Å². The summed E-state index contributed by atoms with van der Waals surface area (Å²) in [6.45, 7) is 5.86. The van der Waals surface area contributed by atoms with Gasteiger partial charge in [-0.1, -0.05) is 19.1 Å². The number of halogens is 1. The lowest BCUT2D eigenvalue weighted by atomic mass is 10.1. The van der Waals surface area contributed by atoms with Gasteiger partial charge in [0.15, 0.2) is 6.10 Å². The number of aryl methyl sites for hydroxylation is 1. The first-order chi connectivity index (χ1) is 10.5. The molecule has 2 aromatic rings. The SMILES string of the molecule is CCC(Oc1cccc(C)c1C)C(=O)Nc1ccc(F)cc1. The summed E-state index contributed by atoms with van der Waals surface area (Å²) >= 11 is 0. The van der Waals surface area contributed by atoms with Crippen molar-refractivity contribution in [3.05, 3.63) is 59.4 Å². The molecule has 0 saturated carbocycles. The molecule has 2 rings (SSSR count). The van der Waals surface area contributed by atoms with Crippen molar-refractivity contribution in [2.24, 2.45) is 0 Å². The molecule has 0 fully saturated rings. The van der Waals surface area contributed by atoms with Crippen LogP contribution in [0.1, 0.15) is 24.5 Å². The molecule has 0 spiro atoms. The molecule has 1 atom stereocenters. The van der Waals surface area contributed by atoms with E-state index in [9.17, 15) is 9.18 Å². The van der Waals surface area contributed by atoms with Crippen molar-refractivity contribution >= 4 is 11.6 Å². The maximum absolute atomic E-state index is 12.9. The largest absolute Gasteiger partial charge is 0.480 e. The molecule has 2 aromatic carbocycles. The Kier molecular flexibility index (Phi) is 5.15. The van der Waals surface area contributed by atoms with E-state index in [1.165, 1.54) is 24.3 Å². The average molecular weight is 301 g/mol. The topological polar surface area (TPSA) is 38.3 Å². The number of carbonyl (C=O) groups excluding carboxylic acids is 1. The molecule has 0 saturated heterocycles. The summed E-state index contributed by atoms with van der Waals surface area (Å²) in [4.78, 5) is 12.3. The van der Waals surface area contributed by atoms with Crippen molar-refractivity contribution in [3.8, 4) is 5.75 Å². The predicted octanol–water partition coefficient (Wildman–Crippen LogP) is 4.24. The molecule has 1 unspecified atom stereocenters. The molecule has 0 aromatic heterocycles. The molecule has 116 valence electrons. The van der Waals surface area contributed by atoms with Crippen LogP contribution in [0.25, 0.3) is 0 Å². The maximum Gasteiger partial charge on any atom is 0.265 e. The van der Waals surface area contributed by atoms with Crippen LogP contribution >= 0.6 is 0 Å². The van der Waals surface area contributed by atoms with Crippen molar-refractivity contribution in [3.63, 3.8) is 0 Å². The van der Waals surface area contributed by atoms with Crippen LogP contribution in [0.2, 0.25) is 0 Å². The molecule has 1 amide bonds. The van der Waals surface area contributed by atoms with Crippen molar-refractivity contribution in [1.29, 1.82) is 0 Å². The Morgan fingerprint density at radius 2 is 1.86 bits per heavy atom. The first-order valence-electron chi connectivity index (χ1n) is 7.30. The zero-order valence-electron chi connectivity index (χ0n) is 13.0. The monoisotopic (exact) mass is 301 g/mol. The highest BCUT2D eigenvalue weighted by molar-refractivity contribution is 5.94. The molecule has 0 radical (unpaired) electrons. The normalized spacial score (nSPS) is 11.8. The molecule has 4 heteroatoms. The number of amides is 1. The van der Waals surface area contributed by atoms with Crippen molar-refractivity contribution in [2.45, 2.75) is 33.3 Å². The fraction of sp³-hybridized carbons (Fsp3) is 0.278. The highest BCUT2D eigenvalue weighted by Crippen LogP contribution is 2.23. The number of ether oxygens (including phenoxy) is 1. The van der Waals surface area contributed by atoms with E-state index in [0.29, 0.717) is 17.9 Å². The Bertz CT molecular complexity index is 653. The standard InChI is InChI=1S/C18H20FNO2/c1-4-16(22-17-7-5-6-12(2)13(17)3)18(21)20-15-10-8-14(19)9-11-15/h5-11,16H,4H2,1-3H3,(H,20,21). The molecule has 3 nitrogen and oxygen atoms in total. The molecule has 0 heterocycles. The third-order valence-electron chi connectivity index (χ3n) is 3.60. The van der Waals surface area contributed by atoms with E-state index in [-0.39, 0.29) is 11.7 Å². The minimum atomic E-state index is -0.592. The number of benzene rings is 2. The van der Waals surface area contributed by atoms with Gasteiger partial charge >= 0.3 is 0 Å². The molecule has 0 aliphatic carbocycles. The van der Waals surface area contributed by atoms with Gasteiger partial charge in [-0.2, -0.15) is 0 Å². The predicted molar refractivity (Wildman–Crippen MR) is 85.7 cm³/mol. The van der Waals surface area contributed by atoms with E-state index in [0.717, 1.165) is 11.1 Å². The molecule has 0 bridgehead atoms. The summed E-state index contributed by atoms with van der Waals surface area (Å²) in [6, 6.07) is 11.4. The minimum absolute atomic E-state index is 0.241. The van der Waals surface area contributed by atoms with Gasteiger partial charge in [0, 0.05) is 5.69 Å². The van der Waals surface area contributed by atoms with Crippen molar-refractivity contribution < 1.29 is 13.9 Å². The van der Waals surface area contributed by atoms with Crippen LogP contribution in [0.5, 0.6) is 5.75 Å². The average Bonchev–Trinajstić information content (AvgIpc) is 2.51. The molecule has 1 N–H and O–H groups in total. The Labute approximate surface area is 130 Å². The van der Waals surface area contributed by atoms with Gasteiger partial charge in [0.25, 0.3) is 5.91 Å². The summed E-state index contributed by atoms with van der Waals surface area (Å²) in [5.41, 5.74) is 2.69. The quantitative estimate of drug-likeness (QED) is 0.897. The molecular formula is C18H20FNO2. The van der Waals surface area contributed by atoms with Gasteiger partial charge in [0.2, 0.25) is 0 Å². The minimum Gasteiger partial charge on any atom is -0.480 e. The fourth-order valence-electron chi connectivity index (χ4n) is 2.08. The highest BCUT2D eigenvalue weighted by atomic mass is 19.1. The van der Waals surface area contributed by atoms with Gasteiger partial charge < -0.3 is 10.1 Å². The number of anilines is 1.